The van der Waals surface area contributed by atoms with Gasteiger partial charge in [-0.3, -0.25) is 9.59 Å². The molecule has 1 aliphatic heterocycles. The molecule has 0 fully saturated rings. The fourth-order valence-electron chi connectivity index (χ4n) is 3.19. The lowest BCUT2D eigenvalue weighted by molar-refractivity contribution is 0.0659. The maximum atomic E-state index is 13.0. The number of hydrogen-bond donors (Lipinski definition) is 0. The number of hydrogen-bond acceptors (Lipinski definition) is 4. The van der Waals surface area contributed by atoms with Gasteiger partial charge in [0, 0.05) is 45.0 Å². The summed E-state index contributed by atoms with van der Waals surface area (Å²) in [5, 5.41) is 4.12. The van der Waals surface area contributed by atoms with Gasteiger partial charge in [0.15, 0.2) is 0 Å². The van der Waals surface area contributed by atoms with Crippen LogP contribution in [0.3, 0.4) is 0 Å². The van der Waals surface area contributed by atoms with Crippen LogP contribution >= 0.6 is 0 Å². The van der Waals surface area contributed by atoms with Crippen molar-refractivity contribution in [1.29, 1.82) is 0 Å². The summed E-state index contributed by atoms with van der Waals surface area (Å²) in [6.07, 6.45) is 0.857. The molecule has 1 amide bonds. The van der Waals surface area contributed by atoms with Crippen molar-refractivity contribution in [2.24, 2.45) is 7.05 Å². The molecule has 0 aliphatic carbocycles. The SMILES string of the molecule is CC[C@@H]1CN(C)c2ccccc2CN1C(=O)c1ccc(=O)n(C)n1. The highest BCUT2D eigenvalue weighted by molar-refractivity contribution is 5.92. The summed E-state index contributed by atoms with van der Waals surface area (Å²) in [7, 11) is 3.61. The van der Waals surface area contributed by atoms with Crippen LogP contribution in [-0.4, -0.2) is 40.2 Å². The molecule has 2 heterocycles. The molecule has 0 spiro atoms. The normalized spacial score (nSPS) is 17.4. The Labute approximate surface area is 141 Å². The average Bonchev–Trinajstić information content (AvgIpc) is 2.73. The topological polar surface area (TPSA) is 58.4 Å². The second-order valence-corrected chi connectivity index (χ2v) is 6.18. The molecule has 0 bridgehead atoms. The number of benzene rings is 1. The number of rotatable bonds is 2. The van der Waals surface area contributed by atoms with Gasteiger partial charge in [-0.15, -0.1) is 0 Å². The van der Waals surface area contributed by atoms with Gasteiger partial charge in [-0.25, -0.2) is 4.68 Å². The number of aromatic nitrogens is 2. The number of nitrogens with zero attached hydrogens (tertiary/aromatic N) is 4. The first-order valence-corrected chi connectivity index (χ1v) is 8.15. The van der Waals surface area contributed by atoms with E-state index in [0.717, 1.165) is 24.2 Å². The van der Waals surface area contributed by atoms with Gasteiger partial charge in [0.2, 0.25) is 0 Å². The Hall–Kier alpha value is -2.63. The standard InChI is InChI=1S/C18H22N4O2/c1-4-14-12-20(2)16-8-6-5-7-13(16)11-22(14)18(24)15-9-10-17(23)21(3)19-15/h5-10,14H,4,11-12H2,1-3H3/t14-/m1/s1. The first kappa shape index (κ1) is 16.2. The van der Waals surface area contributed by atoms with E-state index in [1.54, 1.807) is 7.05 Å². The summed E-state index contributed by atoms with van der Waals surface area (Å²) in [6, 6.07) is 11.1. The van der Waals surface area contributed by atoms with Crippen molar-refractivity contribution in [2.75, 3.05) is 18.5 Å². The number of carbonyl (C=O) groups is 1. The quantitative estimate of drug-likeness (QED) is 0.842. The highest BCUT2D eigenvalue weighted by Gasteiger charge is 2.30. The molecular weight excluding hydrogens is 304 g/mol. The van der Waals surface area contributed by atoms with Gasteiger partial charge in [-0.1, -0.05) is 25.1 Å². The molecule has 0 radical (unpaired) electrons. The van der Waals surface area contributed by atoms with Gasteiger partial charge in [0.1, 0.15) is 5.69 Å². The Bertz CT molecular complexity index is 815. The first-order chi connectivity index (χ1) is 11.5. The monoisotopic (exact) mass is 326 g/mol. The molecule has 1 aromatic heterocycles. The Morgan fingerprint density at radius 1 is 1.21 bits per heavy atom. The lowest BCUT2D eigenvalue weighted by Gasteiger charge is -2.30. The van der Waals surface area contributed by atoms with Gasteiger partial charge < -0.3 is 9.80 Å². The molecular formula is C18H22N4O2. The van der Waals surface area contributed by atoms with E-state index in [1.807, 2.05) is 17.0 Å². The van der Waals surface area contributed by atoms with Gasteiger partial charge in [0.05, 0.1) is 0 Å². The van der Waals surface area contributed by atoms with Crippen LogP contribution in [0.15, 0.2) is 41.2 Å². The first-order valence-electron chi connectivity index (χ1n) is 8.15. The zero-order chi connectivity index (χ0) is 17.3. The zero-order valence-electron chi connectivity index (χ0n) is 14.3. The molecule has 0 unspecified atom stereocenters. The van der Waals surface area contributed by atoms with Crippen molar-refractivity contribution in [3.05, 3.63) is 58.0 Å². The predicted octanol–water partition coefficient (Wildman–Crippen LogP) is 1.65. The summed E-state index contributed by atoms with van der Waals surface area (Å²) in [5.41, 5.74) is 2.35. The molecule has 0 saturated carbocycles. The van der Waals surface area contributed by atoms with E-state index in [9.17, 15) is 9.59 Å². The molecule has 3 rings (SSSR count). The van der Waals surface area contributed by atoms with Gasteiger partial charge >= 0.3 is 0 Å². The second-order valence-electron chi connectivity index (χ2n) is 6.18. The average molecular weight is 326 g/mol. The summed E-state index contributed by atoms with van der Waals surface area (Å²) in [5.74, 6) is -0.137. The van der Waals surface area contributed by atoms with E-state index in [-0.39, 0.29) is 17.5 Å². The van der Waals surface area contributed by atoms with Crippen LogP contribution in [-0.2, 0) is 13.6 Å². The Morgan fingerprint density at radius 3 is 2.67 bits per heavy atom. The minimum atomic E-state index is -0.223. The molecule has 126 valence electrons. The third kappa shape index (κ3) is 2.91. The van der Waals surface area contributed by atoms with Crippen LogP contribution in [0, 0.1) is 0 Å². The van der Waals surface area contributed by atoms with Crippen LogP contribution in [0.4, 0.5) is 5.69 Å². The van der Waals surface area contributed by atoms with Gasteiger partial charge in [-0.2, -0.15) is 5.10 Å². The fourth-order valence-corrected chi connectivity index (χ4v) is 3.19. The van der Waals surface area contributed by atoms with Crippen molar-refractivity contribution in [3.8, 4) is 0 Å². The van der Waals surface area contributed by atoms with Crippen molar-refractivity contribution in [3.63, 3.8) is 0 Å². The van der Waals surface area contributed by atoms with Crippen molar-refractivity contribution in [2.45, 2.75) is 25.9 Å². The van der Waals surface area contributed by atoms with E-state index >= 15 is 0 Å². The minimum absolute atomic E-state index is 0.0916. The van der Waals surface area contributed by atoms with Crippen LogP contribution in [0.25, 0.3) is 0 Å². The van der Waals surface area contributed by atoms with E-state index in [4.69, 9.17) is 0 Å². The number of para-hydroxylation sites is 1. The van der Waals surface area contributed by atoms with E-state index < -0.39 is 0 Å². The zero-order valence-corrected chi connectivity index (χ0v) is 14.3. The van der Waals surface area contributed by atoms with Crippen LogP contribution in [0.1, 0.15) is 29.4 Å². The minimum Gasteiger partial charge on any atom is -0.372 e. The number of carbonyl (C=O) groups excluding carboxylic acids is 1. The summed E-state index contributed by atoms with van der Waals surface area (Å²) in [4.78, 5) is 28.6. The number of amides is 1. The number of aryl methyl sites for hydroxylation is 1. The number of fused-ring (bicyclic) bond motifs is 1. The fraction of sp³-hybridized carbons (Fsp3) is 0.389. The maximum absolute atomic E-state index is 13.0. The van der Waals surface area contributed by atoms with E-state index in [1.165, 1.54) is 16.8 Å². The maximum Gasteiger partial charge on any atom is 0.274 e. The molecule has 6 nitrogen and oxygen atoms in total. The largest absolute Gasteiger partial charge is 0.372 e. The Balaban J connectivity index is 1.99. The summed E-state index contributed by atoms with van der Waals surface area (Å²) in [6.45, 7) is 3.40. The predicted molar refractivity (Wildman–Crippen MR) is 93.1 cm³/mol. The summed E-state index contributed by atoms with van der Waals surface area (Å²) >= 11 is 0. The Kier molecular flexibility index (Phi) is 4.38. The molecule has 24 heavy (non-hydrogen) atoms. The lowest BCUT2D eigenvalue weighted by Crippen LogP contribution is -2.44. The van der Waals surface area contributed by atoms with Gasteiger partial charge in [0.25, 0.3) is 11.5 Å². The number of likely N-dealkylation sites (N-methyl/N-ethyl adjacent to an activating group) is 1. The third-order valence-corrected chi connectivity index (χ3v) is 4.58. The van der Waals surface area contributed by atoms with Crippen molar-refractivity contribution >= 4 is 11.6 Å². The highest BCUT2D eigenvalue weighted by Crippen LogP contribution is 2.27. The number of anilines is 1. The van der Waals surface area contributed by atoms with Crippen molar-refractivity contribution in [1.82, 2.24) is 14.7 Å². The van der Waals surface area contributed by atoms with E-state index in [0.29, 0.717) is 12.2 Å². The molecule has 1 atom stereocenters. The molecule has 6 heteroatoms. The highest BCUT2D eigenvalue weighted by atomic mass is 16.2. The van der Waals surface area contributed by atoms with E-state index in [2.05, 4.69) is 36.1 Å². The Morgan fingerprint density at radius 2 is 1.96 bits per heavy atom. The second kappa shape index (κ2) is 6.47. The molecule has 2 aromatic rings. The van der Waals surface area contributed by atoms with Crippen molar-refractivity contribution < 1.29 is 4.79 Å². The smallest absolute Gasteiger partial charge is 0.274 e. The summed E-state index contributed by atoms with van der Waals surface area (Å²) < 4.78 is 1.20. The van der Waals surface area contributed by atoms with Crippen LogP contribution in [0.5, 0.6) is 0 Å². The van der Waals surface area contributed by atoms with Crippen LogP contribution in [0.2, 0.25) is 0 Å². The van der Waals surface area contributed by atoms with Gasteiger partial charge in [-0.05, 0) is 24.1 Å². The molecule has 1 aliphatic rings. The molecule has 1 aromatic carbocycles. The molecule has 0 saturated heterocycles. The van der Waals surface area contributed by atoms with Crippen LogP contribution < -0.4 is 10.5 Å². The molecule has 0 N–H and O–H groups in total. The lowest BCUT2D eigenvalue weighted by atomic mass is 10.1. The third-order valence-electron chi connectivity index (χ3n) is 4.58.